The Labute approximate surface area is 131 Å². The molecule has 1 amide bonds. The Bertz CT molecular complexity index is 562. The van der Waals surface area contributed by atoms with Crippen LogP contribution in [0.2, 0.25) is 10.0 Å². The maximum Gasteiger partial charge on any atom is 0.293 e. The number of carbonyl (C=O) groups is 1. The van der Waals surface area contributed by atoms with Gasteiger partial charge in [0.05, 0.1) is 21.5 Å². The van der Waals surface area contributed by atoms with Gasteiger partial charge in [0.1, 0.15) is 5.69 Å². The van der Waals surface area contributed by atoms with Gasteiger partial charge in [0.2, 0.25) is 5.91 Å². The molecule has 0 aliphatic carbocycles. The van der Waals surface area contributed by atoms with Crippen LogP contribution in [-0.4, -0.2) is 48.5 Å². The number of hydrogen-bond acceptors (Lipinski definition) is 5. The first kappa shape index (κ1) is 15.8. The molecule has 1 fully saturated rings. The van der Waals surface area contributed by atoms with Crippen molar-refractivity contribution in [3.63, 3.8) is 0 Å². The average molecular weight is 333 g/mol. The maximum absolute atomic E-state index is 12.0. The van der Waals surface area contributed by atoms with Crippen molar-refractivity contribution in [3.05, 3.63) is 32.3 Å². The lowest BCUT2D eigenvalue weighted by atomic mass is 10.2. The van der Waals surface area contributed by atoms with Crippen LogP contribution in [0.15, 0.2) is 12.1 Å². The fraction of sp³-hybridized carbons (Fsp3) is 0.417. The van der Waals surface area contributed by atoms with E-state index in [9.17, 15) is 14.9 Å². The molecular formula is C12H14Cl2N4O3. The van der Waals surface area contributed by atoms with Crippen LogP contribution < -0.4 is 10.6 Å². The molecule has 0 spiro atoms. The minimum atomic E-state index is -0.570. The van der Waals surface area contributed by atoms with Crippen LogP contribution in [0, 0.1) is 10.1 Å². The summed E-state index contributed by atoms with van der Waals surface area (Å²) in [7, 11) is 0. The molecule has 1 saturated heterocycles. The fourth-order valence-electron chi connectivity index (χ4n) is 2.03. The second-order valence-corrected chi connectivity index (χ2v) is 5.34. The predicted octanol–water partition coefficient (Wildman–Crippen LogP) is 1.75. The van der Waals surface area contributed by atoms with Gasteiger partial charge in [-0.15, -0.1) is 0 Å². The lowest BCUT2D eigenvalue weighted by Gasteiger charge is -2.27. The van der Waals surface area contributed by atoms with Crippen LogP contribution in [0.5, 0.6) is 0 Å². The van der Waals surface area contributed by atoms with Crippen molar-refractivity contribution in [1.82, 2.24) is 10.2 Å². The van der Waals surface area contributed by atoms with E-state index < -0.39 is 4.92 Å². The molecule has 0 saturated carbocycles. The molecule has 1 aromatic rings. The largest absolute Gasteiger partial charge is 0.371 e. The summed E-state index contributed by atoms with van der Waals surface area (Å²) in [6.45, 7) is 2.73. The van der Waals surface area contributed by atoms with Gasteiger partial charge in [0.25, 0.3) is 5.69 Å². The number of halogens is 2. The number of nitrogens with one attached hydrogen (secondary N) is 2. The molecule has 1 heterocycles. The molecule has 1 aliphatic rings. The van der Waals surface area contributed by atoms with Crippen molar-refractivity contribution >= 4 is 40.5 Å². The van der Waals surface area contributed by atoms with E-state index >= 15 is 0 Å². The van der Waals surface area contributed by atoms with Crippen LogP contribution in [0.25, 0.3) is 0 Å². The number of piperazine rings is 1. The molecule has 7 nitrogen and oxygen atoms in total. The van der Waals surface area contributed by atoms with Crippen molar-refractivity contribution < 1.29 is 9.72 Å². The molecule has 0 atom stereocenters. The van der Waals surface area contributed by atoms with E-state index in [-0.39, 0.29) is 33.9 Å². The smallest absolute Gasteiger partial charge is 0.293 e. The monoisotopic (exact) mass is 332 g/mol. The summed E-state index contributed by atoms with van der Waals surface area (Å²) < 4.78 is 0. The molecule has 0 unspecified atom stereocenters. The van der Waals surface area contributed by atoms with Gasteiger partial charge < -0.3 is 15.5 Å². The molecule has 0 aromatic heterocycles. The lowest BCUT2D eigenvalue weighted by Crippen LogP contribution is -2.48. The van der Waals surface area contributed by atoms with E-state index in [0.29, 0.717) is 13.1 Å². The molecule has 2 N–H and O–H groups in total. The second kappa shape index (κ2) is 6.93. The van der Waals surface area contributed by atoms with Gasteiger partial charge in [0.15, 0.2) is 0 Å². The third kappa shape index (κ3) is 3.96. The van der Waals surface area contributed by atoms with Crippen molar-refractivity contribution in [2.75, 3.05) is 38.0 Å². The number of nitro groups is 1. The Kier molecular flexibility index (Phi) is 5.22. The summed E-state index contributed by atoms with van der Waals surface area (Å²) in [5, 5.41) is 17.2. The van der Waals surface area contributed by atoms with Crippen molar-refractivity contribution in [3.8, 4) is 0 Å². The molecule has 2 rings (SSSR count). The summed E-state index contributed by atoms with van der Waals surface area (Å²) in [5.74, 6) is -0.114. The zero-order chi connectivity index (χ0) is 15.4. The Morgan fingerprint density at radius 2 is 1.95 bits per heavy atom. The third-order valence-electron chi connectivity index (χ3n) is 3.14. The molecule has 1 aromatic carbocycles. The Morgan fingerprint density at radius 1 is 1.33 bits per heavy atom. The van der Waals surface area contributed by atoms with E-state index in [1.165, 1.54) is 12.1 Å². The predicted molar refractivity (Wildman–Crippen MR) is 81.1 cm³/mol. The number of nitro benzene ring substituents is 1. The minimum absolute atomic E-state index is 0.0290. The highest BCUT2D eigenvalue weighted by Crippen LogP contribution is 2.33. The van der Waals surface area contributed by atoms with Gasteiger partial charge in [-0.3, -0.25) is 14.9 Å². The molecular weight excluding hydrogens is 319 g/mol. The molecule has 114 valence electrons. The summed E-state index contributed by atoms with van der Waals surface area (Å²) >= 11 is 11.6. The first-order valence-corrected chi connectivity index (χ1v) is 7.10. The number of amides is 1. The van der Waals surface area contributed by atoms with Gasteiger partial charge in [-0.25, -0.2) is 0 Å². The molecule has 0 bridgehead atoms. The highest BCUT2D eigenvalue weighted by atomic mass is 35.5. The van der Waals surface area contributed by atoms with Crippen molar-refractivity contribution in [1.29, 1.82) is 0 Å². The van der Waals surface area contributed by atoms with Crippen molar-refractivity contribution in [2.24, 2.45) is 0 Å². The van der Waals surface area contributed by atoms with E-state index in [4.69, 9.17) is 23.2 Å². The van der Waals surface area contributed by atoms with Crippen LogP contribution in [0.3, 0.4) is 0 Å². The van der Waals surface area contributed by atoms with Crippen LogP contribution in [-0.2, 0) is 4.79 Å². The van der Waals surface area contributed by atoms with E-state index in [0.717, 1.165) is 13.1 Å². The summed E-state index contributed by atoms with van der Waals surface area (Å²) in [4.78, 5) is 24.1. The Balaban J connectivity index is 2.06. The number of rotatable bonds is 4. The van der Waals surface area contributed by atoms with Gasteiger partial charge in [-0.2, -0.15) is 0 Å². The number of nitrogens with zero attached hydrogens (tertiary/aromatic N) is 2. The van der Waals surface area contributed by atoms with E-state index in [1.807, 2.05) is 0 Å². The molecule has 21 heavy (non-hydrogen) atoms. The van der Waals surface area contributed by atoms with Crippen LogP contribution in [0.4, 0.5) is 11.4 Å². The normalized spacial score (nSPS) is 14.9. The van der Waals surface area contributed by atoms with Gasteiger partial charge in [-0.05, 0) is 6.07 Å². The Hall–Kier alpha value is -1.57. The summed E-state index contributed by atoms with van der Waals surface area (Å²) in [6, 6.07) is 2.52. The standard InChI is InChI=1S/C12H14Cl2N4O3/c13-8-5-10(11(18(20)21)6-9(8)14)16-7-12(19)17-3-1-15-2-4-17/h5-6,15-16H,1-4,7H2. The van der Waals surface area contributed by atoms with E-state index in [1.54, 1.807) is 4.90 Å². The zero-order valence-electron chi connectivity index (χ0n) is 11.1. The number of carbonyl (C=O) groups excluding carboxylic acids is 1. The van der Waals surface area contributed by atoms with Crippen molar-refractivity contribution in [2.45, 2.75) is 0 Å². The third-order valence-corrected chi connectivity index (χ3v) is 3.86. The van der Waals surface area contributed by atoms with E-state index in [2.05, 4.69) is 10.6 Å². The number of benzene rings is 1. The topological polar surface area (TPSA) is 87.5 Å². The lowest BCUT2D eigenvalue weighted by molar-refractivity contribution is -0.383. The van der Waals surface area contributed by atoms with Gasteiger partial charge in [-0.1, -0.05) is 23.2 Å². The maximum atomic E-state index is 12.0. The molecule has 1 aliphatic heterocycles. The number of anilines is 1. The average Bonchev–Trinajstić information content (AvgIpc) is 2.48. The van der Waals surface area contributed by atoms with Gasteiger partial charge in [0, 0.05) is 32.2 Å². The Morgan fingerprint density at radius 3 is 2.57 bits per heavy atom. The molecule has 0 radical (unpaired) electrons. The minimum Gasteiger partial charge on any atom is -0.371 e. The van der Waals surface area contributed by atoms with Gasteiger partial charge >= 0.3 is 0 Å². The second-order valence-electron chi connectivity index (χ2n) is 4.52. The SMILES string of the molecule is O=C(CNc1cc(Cl)c(Cl)cc1[N+](=O)[O-])N1CCNCC1. The first-order chi connectivity index (χ1) is 9.99. The summed E-state index contributed by atoms with van der Waals surface area (Å²) in [6.07, 6.45) is 0. The number of hydrogen-bond donors (Lipinski definition) is 2. The van der Waals surface area contributed by atoms with Crippen LogP contribution >= 0.6 is 23.2 Å². The first-order valence-electron chi connectivity index (χ1n) is 6.35. The fourth-order valence-corrected chi connectivity index (χ4v) is 2.35. The molecule has 9 heteroatoms. The zero-order valence-corrected chi connectivity index (χ0v) is 12.6. The highest BCUT2D eigenvalue weighted by Gasteiger charge is 2.20. The summed E-state index contributed by atoms with van der Waals surface area (Å²) in [5.41, 5.74) is -0.0320. The highest BCUT2D eigenvalue weighted by molar-refractivity contribution is 6.42. The van der Waals surface area contributed by atoms with Crippen LogP contribution in [0.1, 0.15) is 0 Å². The quantitative estimate of drug-likeness (QED) is 0.647.